The third kappa shape index (κ3) is 0.905. The van der Waals surface area contributed by atoms with Crippen molar-refractivity contribution >= 4 is 11.0 Å². The maximum Gasteiger partial charge on any atom is 0.170 e. The van der Waals surface area contributed by atoms with Crippen LogP contribution in [-0.2, 0) is 6.54 Å². The van der Waals surface area contributed by atoms with Crippen LogP contribution in [0.15, 0.2) is 22.9 Å². The molecule has 0 radical (unpaired) electrons. The summed E-state index contributed by atoms with van der Waals surface area (Å²) in [6.45, 7) is 2.54. The first-order valence-corrected chi connectivity index (χ1v) is 3.86. The van der Waals surface area contributed by atoms with Gasteiger partial charge in [0, 0.05) is 11.9 Å². The monoisotopic (exact) mass is 162 g/mol. The van der Waals surface area contributed by atoms with Crippen LogP contribution in [0.1, 0.15) is 11.1 Å². The maximum atomic E-state index is 5.55. The summed E-state index contributed by atoms with van der Waals surface area (Å²) >= 11 is 0. The zero-order valence-corrected chi connectivity index (χ0v) is 6.87. The Kier molecular flexibility index (Phi) is 1.59. The highest BCUT2D eigenvalue weighted by Crippen LogP contribution is 2.20. The second kappa shape index (κ2) is 2.60. The van der Waals surface area contributed by atoms with Gasteiger partial charge in [-0.25, -0.2) is 0 Å². The van der Waals surface area contributed by atoms with Crippen molar-refractivity contribution in [1.82, 2.24) is 5.16 Å². The second-order valence-electron chi connectivity index (χ2n) is 2.80. The fourth-order valence-corrected chi connectivity index (χ4v) is 1.33. The summed E-state index contributed by atoms with van der Waals surface area (Å²) < 4.78 is 5.09. The van der Waals surface area contributed by atoms with E-state index in [0.717, 1.165) is 22.1 Å². The summed E-state index contributed by atoms with van der Waals surface area (Å²) in [4.78, 5) is 0. The van der Waals surface area contributed by atoms with E-state index in [-0.39, 0.29) is 0 Å². The van der Waals surface area contributed by atoms with Crippen LogP contribution in [0.2, 0.25) is 0 Å². The first-order valence-electron chi connectivity index (χ1n) is 3.86. The zero-order valence-electron chi connectivity index (χ0n) is 6.87. The van der Waals surface area contributed by atoms with Gasteiger partial charge in [0.25, 0.3) is 0 Å². The number of nitrogens with zero attached hydrogens (tertiary/aromatic N) is 1. The summed E-state index contributed by atoms with van der Waals surface area (Å²) in [5, 5.41) is 4.75. The molecule has 3 heteroatoms. The van der Waals surface area contributed by atoms with E-state index >= 15 is 0 Å². The van der Waals surface area contributed by atoms with E-state index in [1.807, 2.05) is 19.1 Å². The molecule has 0 spiro atoms. The molecule has 1 aromatic heterocycles. The van der Waals surface area contributed by atoms with E-state index in [4.69, 9.17) is 10.3 Å². The van der Waals surface area contributed by atoms with Crippen LogP contribution >= 0.6 is 0 Å². The Hall–Kier alpha value is -1.35. The standard InChI is InChI=1S/C9H10N2O/c1-6-7(4-10)2-3-8-5-11-12-9(6)8/h2-3,5H,4,10H2,1H3. The molecule has 2 N–H and O–H groups in total. The molecule has 0 unspecified atom stereocenters. The molecule has 12 heavy (non-hydrogen) atoms. The molecule has 62 valence electrons. The molecule has 0 saturated heterocycles. The minimum Gasteiger partial charge on any atom is -0.356 e. The van der Waals surface area contributed by atoms with Gasteiger partial charge >= 0.3 is 0 Å². The van der Waals surface area contributed by atoms with Crippen molar-refractivity contribution in [3.05, 3.63) is 29.5 Å². The number of aryl methyl sites for hydroxylation is 1. The Bertz CT molecular complexity index is 406. The van der Waals surface area contributed by atoms with E-state index in [0.29, 0.717) is 6.54 Å². The van der Waals surface area contributed by atoms with E-state index in [9.17, 15) is 0 Å². The van der Waals surface area contributed by atoms with Gasteiger partial charge in [-0.05, 0) is 24.1 Å². The average Bonchev–Trinajstić information content (AvgIpc) is 2.53. The molecular weight excluding hydrogens is 152 g/mol. The Balaban J connectivity index is 2.78. The Labute approximate surface area is 70.1 Å². The maximum absolute atomic E-state index is 5.55. The minimum absolute atomic E-state index is 0.544. The molecular formula is C9H10N2O. The molecule has 3 nitrogen and oxygen atoms in total. The normalized spacial score (nSPS) is 10.8. The molecule has 0 fully saturated rings. The highest BCUT2D eigenvalue weighted by Gasteiger charge is 2.04. The lowest BCUT2D eigenvalue weighted by molar-refractivity contribution is 0.454. The molecule has 0 aliphatic rings. The Morgan fingerprint density at radius 2 is 2.33 bits per heavy atom. The summed E-state index contributed by atoms with van der Waals surface area (Å²) in [5.41, 5.74) is 8.59. The number of hydrogen-bond acceptors (Lipinski definition) is 3. The summed E-state index contributed by atoms with van der Waals surface area (Å²) in [6.07, 6.45) is 1.71. The van der Waals surface area contributed by atoms with Gasteiger partial charge in [0.05, 0.1) is 6.20 Å². The molecule has 1 aromatic carbocycles. The van der Waals surface area contributed by atoms with Gasteiger partial charge in [0.1, 0.15) is 0 Å². The topological polar surface area (TPSA) is 52.0 Å². The zero-order chi connectivity index (χ0) is 8.55. The van der Waals surface area contributed by atoms with Gasteiger partial charge in [-0.3, -0.25) is 0 Å². The van der Waals surface area contributed by atoms with Crippen LogP contribution in [0.5, 0.6) is 0 Å². The quantitative estimate of drug-likeness (QED) is 0.692. The highest BCUT2D eigenvalue weighted by atomic mass is 16.5. The van der Waals surface area contributed by atoms with E-state index in [2.05, 4.69) is 5.16 Å². The number of benzene rings is 1. The number of aromatic nitrogens is 1. The molecule has 2 aromatic rings. The van der Waals surface area contributed by atoms with Crippen molar-refractivity contribution < 1.29 is 4.52 Å². The molecule has 0 atom stereocenters. The van der Waals surface area contributed by atoms with Crippen molar-refractivity contribution in [1.29, 1.82) is 0 Å². The Morgan fingerprint density at radius 3 is 3.08 bits per heavy atom. The molecule has 1 heterocycles. The average molecular weight is 162 g/mol. The van der Waals surface area contributed by atoms with Crippen molar-refractivity contribution in [3.63, 3.8) is 0 Å². The highest BCUT2D eigenvalue weighted by molar-refractivity contribution is 5.80. The van der Waals surface area contributed by atoms with Gasteiger partial charge < -0.3 is 10.3 Å². The molecule has 0 bridgehead atoms. The third-order valence-electron chi connectivity index (χ3n) is 2.10. The largest absolute Gasteiger partial charge is 0.356 e. The number of nitrogens with two attached hydrogens (primary N) is 1. The number of rotatable bonds is 1. The van der Waals surface area contributed by atoms with Crippen molar-refractivity contribution in [2.75, 3.05) is 0 Å². The van der Waals surface area contributed by atoms with Crippen molar-refractivity contribution in [2.24, 2.45) is 5.73 Å². The fraction of sp³-hybridized carbons (Fsp3) is 0.222. The molecule has 0 amide bonds. The van der Waals surface area contributed by atoms with Crippen LogP contribution in [0, 0.1) is 6.92 Å². The first-order chi connectivity index (χ1) is 5.83. The predicted octanol–water partition coefficient (Wildman–Crippen LogP) is 1.59. The molecule has 0 aliphatic heterocycles. The fourth-order valence-electron chi connectivity index (χ4n) is 1.33. The first kappa shape index (κ1) is 7.31. The number of fused-ring (bicyclic) bond motifs is 1. The molecule has 2 rings (SSSR count). The third-order valence-corrected chi connectivity index (χ3v) is 2.10. The lowest BCUT2D eigenvalue weighted by atomic mass is 10.1. The lowest BCUT2D eigenvalue weighted by Gasteiger charge is -2.00. The van der Waals surface area contributed by atoms with Crippen molar-refractivity contribution in [2.45, 2.75) is 13.5 Å². The van der Waals surface area contributed by atoms with Crippen LogP contribution in [0.4, 0.5) is 0 Å². The van der Waals surface area contributed by atoms with E-state index in [1.54, 1.807) is 6.20 Å². The minimum atomic E-state index is 0.544. The Morgan fingerprint density at radius 1 is 1.50 bits per heavy atom. The van der Waals surface area contributed by atoms with Crippen LogP contribution < -0.4 is 5.73 Å². The van der Waals surface area contributed by atoms with Gasteiger partial charge in [0.15, 0.2) is 5.58 Å². The summed E-state index contributed by atoms with van der Waals surface area (Å²) in [7, 11) is 0. The smallest absolute Gasteiger partial charge is 0.170 e. The molecule has 0 aliphatic carbocycles. The van der Waals surface area contributed by atoms with E-state index in [1.165, 1.54) is 0 Å². The summed E-state index contributed by atoms with van der Waals surface area (Å²) in [5.74, 6) is 0. The summed E-state index contributed by atoms with van der Waals surface area (Å²) in [6, 6.07) is 3.98. The van der Waals surface area contributed by atoms with Gasteiger partial charge in [-0.2, -0.15) is 0 Å². The van der Waals surface area contributed by atoms with Crippen LogP contribution in [-0.4, -0.2) is 5.16 Å². The number of hydrogen-bond donors (Lipinski definition) is 1. The molecule has 0 saturated carbocycles. The SMILES string of the molecule is Cc1c(CN)ccc2cnoc12. The van der Waals surface area contributed by atoms with E-state index < -0.39 is 0 Å². The van der Waals surface area contributed by atoms with Crippen molar-refractivity contribution in [3.8, 4) is 0 Å². The second-order valence-corrected chi connectivity index (χ2v) is 2.80. The van der Waals surface area contributed by atoms with Crippen LogP contribution in [0.3, 0.4) is 0 Å². The lowest BCUT2D eigenvalue weighted by Crippen LogP contribution is -1.98. The van der Waals surface area contributed by atoms with Gasteiger partial charge in [-0.15, -0.1) is 0 Å². The van der Waals surface area contributed by atoms with Gasteiger partial charge in [-0.1, -0.05) is 11.2 Å². The van der Waals surface area contributed by atoms with Crippen LogP contribution in [0.25, 0.3) is 11.0 Å². The van der Waals surface area contributed by atoms with Gasteiger partial charge in [0.2, 0.25) is 0 Å². The predicted molar refractivity (Wildman–Crippen MR) is 46.6 cm³/mol.